The lowest BCUT2D eigenvalue weighted by atomic mass is 9.74. The molecule has 1 aliphatic carbocycles. The summed E-state index contributed by atoms with van der Waals surface area (Å²) in [7, 11) is 0.0257. The topological polar surface area (TPSA) is 21.7 Å². The van der Waals surface area contributed by atoms with Gasteiger partial charge in [-0.25, -0.2) is 0 Å². The Bertz CT molecular complexity index is 359. The monoisotopic (exact) mass is 279 g/mol. The minimum absolute atomic E-state index is 0.0257. The summed E-state index contributed by atoms with van der Waals surface area (Å²) in [5.41, 5.74) is 0.181. The van der Waals surface area contributed by atoms with E-state index in [-0.39, 0.29) is 18.3 Å². The highest BCUT2D eigenvalue weighted by Crippen LogP contribution is 2.67. The molecular formula is C16H30BNO2. The summed E-state index contributed by atoms with van der Waals surface area (Å²) in [6.45, 7) is 14.7. The molecule has 1 atom stereocenters. The molecular weight excluding hydrogens is 249 g/mol. The van der Waals surface area contributed by atoms with E-state index in [4.69, 9.17) is 9.31 Å². The van der Waals surface area contributed by atoms with Gasteiger partial charge in [0.25, 0.3) is 0 Å². The first-order chi connectivity index (χ1) is 9.30. The third-order valence-corrected chi connectivity index (χ3v) is 6.24. The highest BCUT2D eigenvalue weighted by Gasteiger charge is 2.66. The molecule has 4 heteroatoms. The van der Waals surface area contributed by atoms with E-state index in [0.717, 1.165) is 0 Å². The van der Waals surface area contributed by atoms with Crippen molar-refractivity contribution >= 4 is 7.12 Å². The van der Waals surface area contributed by atoms with Crippen molar-refractivity contribution in [2.45, 2.75) is 77.3 Å². The van der Waals surface area contributed by atoms with Crippen LogP contribution in [0, 0.1) is 5.41 Å². The molecule has 2 aliphatic heterocycles. The second kappa shape index (κ2) is 4.72. The Labute approximate surface area is 124 Å². The molecule has 2 heterocycles. The molecule has 2 saturated heterocycles. The maximum absolute atomic E-state index is 6.25. The Morgan fingerprint density at radius 1 is 1.05 bits per heavy atom. The molecule has 1 unspecified atom stereocenters. The van der Waals surface area contributed by atoms with Crippen molar-refractivity contribution in [2.75, 3.05) is 19.6 Å². The van der Waals surface area contributed by atoms with Gasteiger partial charge >= 0.3 is 7.12 Å². The van der Waals surface area contributed by atoms with E-state index < -0.39 is 0 Å². The average Bonchev–Trinajstić information content (AvgIpc) is 2.99. The van der Waals surface area contributed by atoms with Gasteiger partial charge < -0.3 is 14.2 Å². The van der Waals surface area contributed by atoms with E-state index >= 15 is 0 Å². The summed E-state index contributed by atoms with van der Waals surface area (Å²) >= 11 is 0. The number of piperidine rings is 1. The van der Waals surface area contributed by atoms with Crippen LogP contribution in [-0.4, -0.2) is 42.9 Å². The summed E-state index contributed by atoms with van der Waals surface area (Å²) in [5.74, 6) is 0.632. The highest BCUT2D eigenvalue weighted by molar-refractivity contribution is 6.49. The molecule has 0 aromatic rings. The smallest absolute Gasteiger partial charge is 0.403 e. The van der Waals surface area contributed by atoms with Gasteiger partial charge in [0.1, 0.15) is 0 Å². The van der Waals surface area contributed by atoms with Crippen LogP contribution in [0.3, 0.4) is 0 Å². The SMILES string of the molecule is CCCN1CCC2(CC1)CC2B1OC(C)(C)C(C)(C)O1. The van der Waals surface area contributed by atoms with Crippen LogP contribution in [-0.2, 0) is 9.31 Å². The molecule has 3 rings (SSSR count). The fraction of sp³-hybridized carbons (Fsp3) is 1.00. The molecule has 0 aromatic carbocycles. The zero-order valence-corrected chi connectivity index (χ0v) is 13.9. The second-order valence-corrected chi connectivity index (χ2v) is 8.14. The summed E-state index contributed by atoms with van der Waals surface area (Å²) in [6.07, 6.45) is 5.25. The zero-order chi connectivity index (χ0) is 14.6. The van der Waals surface area contributed by atoms with Gasteiger partial charge in [0, 0.05) is 5.82 Å². The van der Waals surface area contributed by atoms with Crippen LogP contribution >= 0.6 is 0 Å². The van der Waals surface area contributed by atoms with E-state index in [1.807, 2.05) is 0 Å². The maximum atomic E-state index is 6.25. The standard InChI is InChI=1S/C16H30BNO2/c1-6-9-18-10-7-16(8-11-18)12-13(16)17-19-14(2,3)15(4,5)20-17/h13H,6-12H2,1-5H3. The van der Waals surface area contributed by atoms with Crippen LogP contribution in [0.1, 0.15) is 60.3 Å². The first kappa shape index (κ1) is 14.9. The quantitative estimate of drug-likeness (QED) is 0.739. The zero-order valence-electron chi connectivity index (χ0n) is 13.9. The minimum Gasteiger partial charge on any atom is -0.403 e. The average molecular weight is 279 g/mol. The maximum Gasteiger partial charge on any atom is 0.461 e. The molecule has 1 spiro atoms. The Morgan fingerprint density at radius 2 is 1.60 bits per heavy atom. The predicted molar refractivity (Wildman–Crippen MR) is 82.8 cm³/mol. The molecule has 20 heavy (non-hydrogen) atoms. The third kappa shape index (κ3) is 2.34. The summed E-state index contributed by atoms with van der Waals surface area (Å²) in [6, 6.07) is 0. The molecule has 0 aromatic heterocycles. The van der Waals surface area contributed by atoms with Gasteiger partial charge in [-0.1, -0.05) is 6.92 Å². The van der Waals surface area contributed by atoms with E-state index in [0.29, 0.717) is 11.2 Å². The van der Waals surface area contributed by atoms with Crippen LogP contribution in [0.2, 0.25) is 5.82 Å². The molecule has 0 N–H and O–H groups in total. The fourth-order valence-corrected chi connectivity index (χ4v) is 3.93. The Morgan fingerprint density at radius 3 is 2.10 bits per heavy atom. The van der Waals surface area contributed by atoms with Gasteiger partial charge in [0.05, 0.1) is 11.2 Å². The number of nitrogens with zero attached hydrogens (tertiary/aromatic N) is 1. The number of hydrogen-bond donors (Lipinski definition) is 0. The van der Waals surface area contributed by atoms with Gasteiger partial charge in [0.2, 0.25) is 0 Å². The van der Waals surface area contributed by atoms with Crippen molar-refractivity contribution in [1.29, 1.82) is 0 Å². The molecule has 0 radical (unpaired) electrons. The van der Waals surface area contributed by atoms with Crippen molar-refractivity contribution in [3.05, 3.63) is 0 Å². The van der Waals surface area contributed by atoms with Crippen molar-refractivity contribution in [3.8, 4) is 0 Å². The number of hydrogen-bond acceptors (Lipinski definition) is 3. The number of rotatable bonds is 3. The number of likely N-dealkylation sites (tertiary alicyclic amines) is 1. The summed E-state index contributed by atoms with van der Waals surface area (Å²) in [4.78, 5) is 2.62. The van der Waals surface area contributed by atoms with Crippen LogP contribution in [0.15, 0.2) is 0 Å². The van der Waals surface area contributed by atoms with Gasteiger partial charge in [-0.3, -0.25) is 0 Å². The van der Waals surface area contributed by atoms with Gasteiger partial charge in [-0.2, -0.15) is 0 Å². The van der Waals surface area contributed by atoms with E-state index in [1.165, 1.54) is 45.3 Å². The molecule has 3 nitrogen and oxygen atoms in total. The lowest BCUT2D eigenvalue weighted by Crippen LogP contribution is -2.41. The second-order valence-electron chi connectivity index (χ2n) is 8.14. The van der Waals surface area contributed by atoms with Crippen LogP contribution in [0.4, 0.5) is 0 Å². The highest BCUT2D eigenvalue weighted by atomic mass is 16.7. The largest absolute Gasteiger partial charge is 0.461 e. The predicted octanol–water partition coefficient (Wildman–Crippen LogP) is 3.34. The Balaban J connectivity index is 1.58. The summed E-state index contributed by atoms with van der Waals surface area (Å²) < 4.78 is 12.5. The van der Waals surface area contributed by atoms with Gasteiger partial charge in [-0.15, -0.1) is 0 Å². The van der Waals surface area contributed by atoms with Crippen molar-refractivity contribution < 1.29 is 9.31 Å². The molecule has 114 valence electrons. The molecule has 1 saturated carbocycles. The fourth-order valence-electron chi connectivity index (χ4n) is 3.93. The first-order valence-electron chi connectivity index (χ1n) is 8.38. The van der Waals surface area contributed by atoms with Crippen molar-refractivity contribution in [3.63, 3.8) is 0 Å². The van der Waals surface area contributed by atoms with Crippen LogP contribution in [0.25, 0.3) is 0 Å². The molecule has 3 aliphatic rings. The first-order valence-corrected chi connectivity index (χ1v) is 8.38. The van der Waals surface area contributed by atoms with Crippen LogP contribution in [0.5, 0.6) is 0 Å². The van der Waals surface area contributed by atoms with Crippen molar-refractivity contribution in [1.82, 2.24) is 4.90 Å². The lowest BCUT2D eigenvalue weighted by molar-refractivity contribution is 0.00578. The summed E-state index contributed by atoms with van der Waals surface area (Å²) in [5, 5.41) is 0. The van der Waals surface area contributed by atoms with Crippen LogP contribution < -0.4 is 0 Å². The molecule has 0 amide bonds. The van der Waals surface area contributed by atoms with Gasteiger partial charge in [0.15, 0.2) is 0 Å². The third-order valence-electron chi connectivity index (χ3n) is 6.24. The van der Waals surface area contributed by atoms with Crippen molar-refractivity contribution in [2.24, 2.45) is 5.41 Å². The lowest BCUT2D eigenvalue weighted by Gasteiger charge is -2.33. The van der Waals surface area contributed by atoms with Gasteiger partial charge in [-0.05, 0) is 78.4 Å². The molecule has 3 fully saturated rings. The Kier molecular flexibility index (Phi) is 3.51. The van der Waals surface area contributed by atoms with E-state index in [1.54, 1.807) is 0 Å². The minimum atomic E-state index is -0.176. The normalized spacial score (nSPS) is 34.6. The van der Waals surface area contributed by atoms with E-state index in [9.17, 15) is 0 Å². The molecule has 0 bridgehead atoms. The Hall–Kier alpha value is -0.0551. The van der Waals surface area contributed by atoms with E-state index in [2.05, 4.69) is 39.5 Å².